The summed E-state index contributed by atoms with van der Waals surface area (Å²) in [7, 11) is 0. The zero-order valence-electron chi connectivity index (χ0n) is 3.91. The van der Waals surface area contributed by atoms with Crippen molar-refractivity contribution in [2.45, 2.75) is 12.5 Å². The van der Waals surface area contributed by atoms with E-state index in [0.717, 1.165) is 0 Å². The second-order valence-electron chi connectivity index (χ2n) is 1.05. The minimum atomic E-state index is -4.71. The zero-order chi connectivity index (χ0) is 7.49. The Bertz CT molecular complexity index is 102. The van der Waals surface area contributed by atoms with Crippen molar-refractivity contribution in [3.63, 3.8) is 0 Å². The Kier molecular flexibility index (Phi) is 2.41. The third-order valence-electron chi connectivity index (χ3n) is 0.432. The predicted molar refractivity (Wildman–Crippen MR) is 17.7 cm³/mol. The van der Waals surface area contributed by atoms with Gasteiger partial charge in [-0.2, -0.15) is 17.6 Å². The molecule has 0 aliphatic carbocycles. The van der Waals surface area contributed by atoms with Crippen LogP contribution in [0.5, 0.6) is 0 Å². The summed E-state index contributed by atoms with van der Waals surface area (Å²) < 4.78 is 47.1. The maximum atomic E-state index is 11.3. The third-order valence-corrected chi connectivity index (χ3v) is 0.432. The van der Waals surface area contributed by atoms with E-state index in [4.69, 9.17) is 4.79 Å². The van der Waals surface area contributed by atoms with Crippen molar-refractivity contribution in [1.82, 2.24) is 0 Å². The van der Waals surface area contributed by atoms with Crippen LogP contribution in [0.2, 0.25) is 0 Å². The highest BCUT2D eigenvalue weighted by Gasteiger charge is 2.43. The molecule has 0 aromatic carbocycles. The molecule has 0 saturated heterocycles. The lowest BCUT2D eigenvalue weighted by Gasteiger charge is -2.09. The Morgan fingerprint density at radius 2 is 1.89 bits per heavy atom. The van der Waals surface area contributed by atoms with Gasteiger partial charge in [-0.05, 0) is 0 Å². The van der Waals surface area contributed by atoms with E-state index in [1.807, 2.05) is 0 Å². The maximum Gasteiger partial charge on any atom is 0.463 e. The summed E-state index contributed by atoms with van der Waals surface area (Å²) in [5.74, 6) is 0. The SMILES string of the molecule is O=[C]OC(F)(F)C(F)F. The Labute approximate surface area is 47.4 Å². The van der Waals surface area contributed by atoms with Gasteiger partial charge in [0, 0.05) is 0 Å². The average molecular weight is 145 g/mol. The summed E-state index contributed by atoms with van der Waals surface area (Å²) in [6.07, 6.45) is -8.71. The Morgan fingerprint density at radius 1 is 1.44 bits per heavy atom. The molecule has 0 N–H and O–H groups in total. The van der Waals surface area contributed by atoms with E-state index in [0.29, 0.717) is 0 Å². The molecule has 0 saturated carbocycles. The monoisotopic (exact) mass is 145 g/mol. The van der Waals surface area contributed by atoms with Gasteiger partial charge >= 0.3 is 19.0 Å². The largest absolute Gasteiger partial charge is 0.463 e. The molecule has 0 atom stereocenters. The number of halogens is 4. The van der Waals surface area contributed by atoms with Gasteiger partial charge in [0.05, 0.1) is 0 Å². The normalized spacial score (nSPS) is 11.7. The van der Waals surface area contributed by atoms with Crippen LogP contribution in [0.1, 0.15) is 0 Å². The van der Waals surface area contributed by atoms with E-state index >= 15 is 0 Å². The molecule has 0 fully saturated rings. The van der Waals surface area contributed by atoms with E-state index in [-0.39, 0.29) is 6.47 Å². The molecule has 2 nitrogen and oxygen atoms in total. The molecule has 1 radical (unpaired) electrons. The maximum absolute atomic E-state index is 11.3. The second-order valence-corrected chi connectivity index (χ2v) is 1.05. The fraction of sp³-hybridized carbons (Fsp3) is 0.667. The number of hydrogen-bond donors (Lipinski definition) is 0. The number of rotatable bonds is 3. The lowest BCUT2D eigenvalue weighted by molar-refractivity contribution is -0.261. The molecule has 0 rings (SSSR count). The minimum absolute atomic E-state index is 0.209. The van der Waals surface area contributed by atoms with Gasteiger partial charge in [0.2, 0.25) is 0 Å². The van der Waals surface area contributed by atoms with Gasteiger partial charge in [0.1, 0.15) is 0 Å². The third kappa shape index (κ3) is 2.29. The van der Waals surface area contributed by atoms with Crippen molar-refractivity contribution < 1.29 is 27.1 Å². The lowest BCUT2D eigenvalue weighted by atomic mass is 10.7. The van der Waals surface area contributed by atoms with Crippen LogP contribution in [0.25, 0.3) is 0 Å². The smallest absolute Gasteiger partial charge is 0.388 e. The van der Waals surface area contributed by atoms with Crippen LogP contribution in [0.15, 0.2) is 0 Å². The first kappa shape index (κ1) is 8.19. The second kappa shape index (κ2) is 2.65. The topological polar surface area (TPSA) is 26.3 Å². The quantitative estimate of drug-likeness (QED) is 0.552. The number of carbonyl (C=O) groups excluding carboxylic acids is 1. The van der Waals surface area contributed by atoms with Crippen LogP contribution in [0, 0.1) is 0 Å². The van der Waals surface area contributed by atoms with Crippen LogP contribution < -0.4 is 0 Å². The molecule has 6 heteroatoms. The first-order valence-electron chi connectivity index (χ1n) is 1.72. The van der Waals surface area contributed by atoms with Crippen molar-refractivity contribution in [1.29, 1.82) is 0 Å². The van der Waals surface area contributed by atoms with Crippen LogP contribution in [-0.4, -0.2) is 19.0 Å². The molecule has 0 unspecified atom stereocenters. The molecule has 0 amide bonds. The summed E-state index contributed by atoms with van der Waals surface area (Å²) in [4.78, 5) is 8.96. The molecule has 0 aliphatic rings. The number of ether oxygens (including phenoxy) is 1. The first-order chi connectivity index (χ1) is 4.00. The van der Waals surface area contributed by atoms with Crippen LogP contribution >= 0.6 is 0 Å². The summed E-state index contributed by atoms with van der Waals surface area (Å²) in [5, 5.41) is 0. The average Bonchev–Trinajstić information content (AvgIpc) is 1.65. The molecular weight excluding hydrogens is 144 g/mol. The van der Waals surface area contributed by atoms with Gasteiger partial charge in [0.25, 0.3) is 0 Å². The molecule has 9 heavy (non-hydrogen) atoms. The molecule has 0 aromatic heterocycles. The first-order valence-corrected chi connectivity index (χ1v) is 1.72. The van der Waals surface area contributed by atoms with E-state index < -0.39 is 12.5 Å². The molecule has 53 valence electrons. The van der Waals surface area contributed by atoms with Gasteiger partial charge in [-0.1, -0.05) is 0 Å². The molecule has 0 heterocycles. The fourth-order valence-electron chi connectivity index (χ4n) is 0.100. The Morgan fingerprint density at radius 3 is 2.00 bits per heavy atom. The highest BCUT2D eigenvalue weighted by Crippen LogP contribution is 2.22. The van der Waals surface area contributed by atoms with E-state index in [2.05, 4.69) is 4.74 Å². The van der Waals surface area contributed by atoms with Crippen molar-refractivity contribution in [3.05, 3.63) is 0 Å². The van der Waals surface area contributed by atoms with E-state index in [9.17, 15) is 17.6 Å². The number of hydrogen-bond acceptors (Lipinski definition) is 2. The highest BCUT2D eigenvalue weighted by atomic mass is 19.3. The minimum Gasteiger partial charge on any atom is -0.388 e. The van der Waals surface area contributed by atoms with Gasteiger partial charge in [0.15, 0.2) is 0 Å². The summed E-state index contributed by atoms with van der Waals surface area (Å²) in [6, 6.07) is 0. The lowest BCUT2D eigenvalue weighted by Crippen LogP contribution is -2.29. The van der Waals surface area contributed by atoms with Crippen molar-refractivity contribution in [2.24, 2.45) is 0 Å². The molecule has 0 bridgehead atoms. The van der Waals surface area contributed by atoms with Crippen molar-refractivity contribution in [2.75, 3.05) is 0 Å². The van der Waals surface area contributed by atoms with E-state index in [1.165, 1.54) is 0 Å². The summed E-state index contributed by atoms with van der Waals surface area (Å²) >= 11 is 0. The Balaban J connectivity index is 3.84. The van der Waals surface area contributed by atoms with Crippen molar-refractivity contribution in [3.8, 4) is 0 Å². The van der Waals surface area contributed by atoms with Gasteiger partial charge < -0.3 is 4.74 Å². The van der Waals surface area contributed by atoms with Gasteiger partial charge in [-0.15, -0.1) is 0 Å². The molecule has 0 spiro atoms. The standard InChI is InChI=1S/C3HF4O2/c4-2(5)3(6,7)9-1-8/h2H. The van der Waals surface area contributed by atoms with Crippen molar-refractivity contribution >= 4 is 6.47 Å². The van der Waals surface area contributed by atoms with E-state index in [1.54, 1.807) is 0 Å². The molecule has 0 aliphatic heterocycles. The predicted octanol–water partition coefficient (Wildman–Crippen LogP) is 0.928. The zero-order valence-corrected chi connectivity index (χ0v) is 3.91. The fourth-order valence-corrected chi connectivity index (χ4v) is 0.100. The van der Waals surface area contributed by atoms with Gasteiger partial charge in [-0.25, -0.2) is 4.79 Å². The van der Waals surface area contributed by atoms with Crippen LogP contribution in [0.3, 0.4) is 0 Å². The highest BCUT2D eigenvalue weighted by molar-refractivity contribution is 5.38. The molecular formula is C3HF4O2. The van der Waals surface area contributed by atoms with Gasteiger partial charge in [-0.3, -0.25) is 0 Å². The van der Waals surface area contributed by atoms with Crippen LogP contribution in [-0.2, 0) is 9.53 Å². The summed E-state index contributed by atoms with van der Waals surface area (Å²) in [6.45, 7) is 0.209. The summed E-state index contributed by atoms with van der Waals surface area (Å²) in [5.41, 5.74) is 0. The molecule has 0 aromatic rings. The number of alkyl halides is 4. The Hall–Kier alpha value is -0.810. The van der Waals surface area contributed by atoms with Crippen LogP contribution in [0.4, 0.5) is 17.6 Å².